The summed E-state index contributed by atoms with van der Waals surface area (Å²) in [6.07, 6.45) is 7.43. The number of aryl methyl sites for hydroxylation is 2. The van der Waals surface area contributed by atoms with Crippen LogP contribution in [0.2, 0.25) is 0 Å². The van der Waals surface area contributed by atoms with Gasteiger partial charge >= 0.3 is 0 Å². The van der Waals surface area contributed by atoms with Crippen molar-refractivity contribution in [3.05, 3.63) is 72.1 Å². The van der Waals surface area contributed by atoms with Crippen molar-refractivity contribution in [2.24, 2.45) is 18.1 Å². The normalized spacial score (nSPS) is 17.4. The molecule has 1 atom stereocenters. The maximum atomic E-state index is 5.78. The molecular weight excluding hydrogens is 373 g/mol. The van der Waals surface area contributed by atoms with Gasteiger partial charge in [-0.1, -0.05) is 34.9 Å². The first-order valence-corrected chi connectivity index (χ1v) is 10.1. The topological polar surface area (TPSA) is 57.2 Å². The summed E-state index contributed by atoms with van der Waals surface area (Å²) < 4.78 is 4.46. The van der Waals surface area contributed by atoms with Crippen molar-refractivity contribution in [3.63, 3.8) is 0 Å². The van der Waals surface area contributed by atoms with Crippen molar-refractivity contribution in [2.45, 2.75) is 26.3 Å². The Labute approximate surface area is 176 Å². The lowest BCUT2D eigenvalue weighted by molar-refractivity contribution is 0.320. The molecule has 1 unspecified atom stereocenters. The van der Waals surface area contributed by atoms with Gasteiger partial charge in [-0.25, -0.2) is 9.97 Å². The molecular formula is C23H22BN5O. The molecule has 6 nitrogen and oxygen atoms in total. The van der Waals surface area contributed by atoms with Gasteiger partial charge in [0.15, 0.2) is 0 Å². The van der Waals surface area contributed by atoms with Crippen molar-refractivity contribution in [1.82, 2.24) is 19.1 Å². The molecule has 0 N–H and O–H groups in total. The summed E-state index contributed by atoms with van der Waals surface area (Å²) in [4.78, 5) is 14.4. The summed E-state index contributed by atoms with van der Waals surface area (Å²) in [5, 5.41) is 5.85. The second-order valence-corrected chi connectivity index (χ2v) is 7.76. The van der Waals surface area contributed by atoms with Crippen LogP contribution in [0.3, 0.4) is 0 Å². The van der Waals surface area contributed by atoms with Crippen molar-refractivity contribution >= 4 is 29.9 Å². The second kappa shape index (κ2) is 7.48. The second-order valence-electron chi connectivity index (χ2n) is 7.76. The van der Waals surface area contributed by atoms with Crippen LogP contribution in [0.1, 0.15) is 23.5 Å². The number of para-hydroxylation sites is 1. The maximum absolute atomic E-state index is 5.78. The van der Waals surface area contributed by atoms with E-state index in [-0.39, 0.29) is 5.92 Å². The molecule has 0 spiro atoms. The largest absolute Gasteiger partial charge is 0.347 e. The third kappa shape index (κ3) is 3.20. The SMILES string of the molecule is [B]c1ccc(O/N=C2/c3c(n(C)c4ccccc34)CCC2Cn2ccnc2C)nc1. The average molecular weight is 395 g/mol. The van der Waals surface area contributed by atoms with Crippen LogP contribution in [-0.2, 0) is 20.0 Å². The molecule has 0 saturated heterocycles. The number of hydrogen-bond donors (Lipinski definition) is 0. The Morgan fingerprint density at radius 1 is 1.20 bits per heavy atom. The number of nitrogens with zero attached hydrogens (tertiary/aromatic N) is 5. The van der Waals surface area contributed by atoms with Gasteiger partial charge in [0, 0.05) is 66.3 Å². The summed E-state index contributed by atoms with van der Waals surface area (Å²) in [6, 6.07) is 12.0. The van der Waals surface area contributed by atoms with E-state index in [1.165, 1.54) is 22.2 Å². The molecule has 1 aliphatic rings. The van der Waals surface area contributed by atoms with Gasteiger partial charge in [-0.2, -0.15) is 0 Å². The van der Waals surface area contributed by atoms with E-state index < -0.39 is 0 Å². The number of benzene rings is 1. The monoisotopic (exact) mass is 395 g/mol. The van der Waals surface area contributed by atoms with Crippen LogP contribution in [0.25, 0.3) is 10.9 Å². The molecule has 1 aliphatic carbocycles. The van der Waals surface area contributed by atoms with E-state index in [0.29, 0.717) is 11.3 Å². The van der Waals surface area contributed by atoms with Gasteiger partial charge in [-0.15, -0.1) is 0 Å². The summed E-state index contributed by atoms with van der Waals surface area (Å²) in [6.45, 7) is 2.84. The zero-order valence-electron chi connectivity index (χ0n) is 17.1. The smallest absolute Gasteiger partial charge is 0.248 e. The fourth-order valence-corrected chi connectivity index (χ4v) is 4.35. The number of aromatic nitrogens is 4. The third-order valence-electron chi connectivity index (χ3n) is 5.94. The van der Waals surface area contributed by atoms with Crippen LogP contribution >= 0.6 is 0 Å². The van der Waals surface area contributed by atoms with Crippen molar-refractivity contribution in [3.8, 4) is 5.88 Å². The van der Waals surface area contributed by atoms with Crippen LogP contribution < -0.4 is 10.3 Å². The molecule has 2 radical (unpaired) electrons. The summed E-state index contributed by atoms with van der Waals surface area (Å²) in [7, 11) is 7.87. The van der Waals surface area contributed by atoms with Gasteiger partial charge in [0.05, 0.1) is 5.71 Å². The first-order valence-electron chi connectivity index (χ1n) is 10.1. The Kier molecular flexibility index (Phi) is 4.66. The van der Waals surface area contributed by atoms with Gasteiger partial charge in [-0.05, 0) is 25.8 Å². The van der Waals surface area contributed by atoms with Gasteiger partial charge in [0.25, 0.3) is 0 Å². The van der Waals surface area contributed by atoms with E-state index in [1.807, 2.05) is 19.3 Å². The Bertz CT molecular complexity index is 1240. The lowest BCUT2D eigenvalue weighted by Gasteiger charge is -2.26. The average Bonchev–Trinajstić information content (AvgIpc) is 3.30. The number of oxime groups is 1. The van der Waals surface area contributed by atoms with Crippen LogP contribution in [0.4, 0.5) is 0 Å². The van der Waals surface area contributed by atoms with E-state index >= 15 is 0 Å². The predicted molar refractivity (Wildman–Crippen MR) is 118 cm³/mol. The third-order valence-corrected chi connectivity index (χ3v) is 5.94. The molecule has 3 aromatic heterocycles. The molecule has 7 heteroatoms. The molecule has 30 heavy (non-hydrogen) atoms. The summed E-state index contributed by atoms with van der Waals surface area (Å²) in [5.41, 5.74) is 5.23. The zero-order chi connectivity index (χ0) is 20.7. The molecule has 0 aliphatic heterocycles. The van der Waals surface area contributed by atoms with Gasteiger partial charge in [-0.3, -0.25) is 0 Å². The molecule has 5 rings (SSSR count). The zero-order valence-corrected chi connectivity index (χ0v) is 17.1. The molecule has 3 heterocycles. The molecule has 148 valence electrons. The number of fused-ring (bicyclic) bond motifs is 3. The number of hydrogen-bond acceptors (Lipinski definition) is 4. The minimum Gasteiger partial charge on any atom is -0.347 e. The highest BCUT2D eigenvalue weighted by Crippen LogP contribution is 2.35. The van der Waals surface area contributed by atoms with Crippen molar-refractivity contribution < 1.29 is 4.84 Å². The highest BCUT2D eigenvalue weighted by Gasteiger charge is 2.31. The minimum atomic E-state index is 0.213. The van der Waals surface area contributed by atoms with Crippen molar-refractivity contribution in [2.75, 3.05) is 0 Å². The molecule has 0 bridgehead atoms. The van der Waals surface area contributed by atoms with Crippen LogP contribution in [0, 0.1) is 12.8 Å². The fourth-order valence-electron chi connectivity index (χ4n) is 4.35. The molecule has 1 aromatic carbocycles. The lowest BCUT2D eigenvalue weighted by atomic mass is 9.84. The Hall–Kier alpha value is -3.35. The van der Waals surface area contributed by atoms with E-state index in [2.05, 4.69) is 55.6 Å². The number of rotatable bonds is 4. The Balaban J connectivity index is 1.60. The highest BCUT2D eigenvalue weighted by atomic mass is 16.6. The fraction of sp³-hybridized carbons (Fsp3) is 0.261. The summed E-state index contributed by atoms with van der Waals surface area (Å²) >= 11 is 0. The molecule has 0 amide bonds. The van der Waals surface area contributed by atoms with Crippen molar-refractivity contribution in [1.29, 1.82) is 0 Å². The first kappa shape index (κ1) is 18.7. The number of pyridine rings is 1. The van der Waals surface area contributed by atoms with Gasteiger partial charge in [0.2, 0.25) is 5.88 Å². The standard InChI is InChI=1S/C23H22BN5O/c1-15-25-11-12-29(15)14-16-7-9-20-22(18-5-3-4-6-19(18)28(20)2)23(16)27-30-21-10-8-17(24)13-26-21/h3-6,8,10-13,16H,7,9,14H2,1-2H3/b27-23+. The number of imidazole rings is 1. The molecule has 0 fully saturated rings. The maximum Gasteiger partial charge on any atom is 0.248 e. The van der Waals surface area contributed by atoms with Crippen LogP contribution in [0.15, 0.2) is 60.1 Å². The van der Waals surface area contributed by atoms with E-state index in [9.17, 15) is 0 Å². The Morgan fingerprint density at radius 3 is 2.83 bits per heavy atom. The molecule has 0 saturated carbocycles. The Morgan fingerprint density at radius 2 is 2.07 bits per heavy atom. The van der Waals surface area contributed by atoms with Gasteiger partial charge < -0.3 is 14.0 Å². The van der Waals surface area contributed by atoms with Gasteiger partial charge in [0.1, 0.15) is 13.7 Å². The van der Waals surface area contributed by atoms with E-state index in [4.69, 9.17) is 12.7 Å². The van der Waals surface area contributed by atoms with Crippen LogP contribution in [-0.4, -0.2) is 32.7 Å². The highest BCUT2D eigenvalue weighted by molar-refractivity contribution is 6.32. The molecule has 4 aromatic rings. The van der Waals surface area contributed by atoms with E-state index in [0.717, 1.165) is 30.9 Å². The minimum absolute atomic E-state index is 0.213. The first-order chi connectivity index (χ1) is 14.6. The van der Waals surface area contributed by atoms with Crippen LogP contribution in [0.5, 0.6) is 5.88 Å². The predicted octanol–water partition coefficient (Wildman–Crippen LogP) is 2.92. The quantitative estimate of drug-likeness (QED) is 0.395. The summed E-state index contributed by atoms with van der Waals surface area (Å²) in [5.74, 6) is 1.64. The lowest BCUT2D eigenvalue weighted by Crippen LogP contribution is -2.28. The van der Waals surface area contributed by atoms with E-state index in [1.54, 1.807) is 18.3 Å².